The van der Waals surface area contributed by atoms with Gasteiger partial charge in [0.1, 0.15) is 0 Å². The summed E-state index contributed by atoms with van der Waals surface area (Å²) in [5.74, 6) is 0.267. The number of nitrogens with one attached hydrogen (secondary N) is 3. The minimum Gasteiger partial charge on any atom is -0.351 e. The average molecular weight is 590 g/mol. The molecule has 0 atom stereocenters. The second-order valence-corrected chi connectivity index (χ2v) is 12.6. The fraction of sp³-hybridized carbons (Fsp3) is 0.414. The maximum absolute atomic E-state index is 13.6. The summed E-state index contributed by atoms with van der Waals surface area (Å²) < 4.78 is 28.8. The highest BCUT2D eigenvalue weighted by Crippen LogP contribution is 2.35. The van der Waals surface area contributed by atoms with Gasteiger partial charge < -0.3 is 15.6 Å². The van der Waals surface area contributed by atoms with E-state index in [0.29, 0.717) is 50.4 Å². The summed E-state index contributed by atoms with van der Waals surface area (Å²) in [7, 11) is -1.74. The van der Waals surface area contributed by atoms with Crippen LogP contribution in [0.3, 0.4) is 0 Å². The Morgan fingerprint density at radius 2 is 1.83 bits per heavy atom. The molecule has 3 aromatic heterocycles. The van der Waals surface area contributed by atoms with Crippen molar-refractivity contribution in [3.63, 3.8) is 0 Å². The van der Waals surface area contributed by atoms with Gasteiger partial charge in [-0.1, -0.05) is 32.0 Å². The third-order valence-electron chi connectivity index (χ3n) is 8.21. The predicted molar refractivity (Wildman–Crippen MR) is 159 cm³/mol. The number of rotatable bonds is 8. The largest absolute Gasteiger partial charge is 0.351 e. The van der Waals surface area contributed by atoms with Crippen molar-refractivity contribution in [1.29, 1.82) is 0 Å². The smallest absolute Gasteiger partial charge is 0.276 e. The number of aromatic amines is 1. The van der Waals surface area contributed by atoms with Crippen LogP contribution in [0.1, 0.15) is 59.4 Å². The number of aromatic nitrogens is 6. The molecular weight excluding hydrogens is 554 g/mol. The van der Waals surface area contributed by atoms with Crippen LogP contribution in [-0.4, -0.2) is 67.5 Å². The van der Waals surface area contributed by atoms with E-state index in [1.807, 2.05) is 31.4 Å². The number of para-hydroxylation sites is 1. The number of carbonyl (C=O) groups is 1. The zero-order chi connectivity index (χ0) is 29.4. The van der Waals surface area contributed by atoms with Crippen LogP contribution < -0.4 is 10.6 Å². The molecule has 2 aliphatic rings. The van der Waals surface area contributed by atoms with Gasteiger partial charge in [0.2, 0.25) is 5.95 Å². The summed E-state index contributed by atoms with van der Waals surface area (Å²) in [5.41, 5.74) is 6.99. The first-order valence-corrected chi connectivity index (χ1v) is 15.8. The average Bonchev–Trinajstić information content (AvgIpc) is 3.67. The Morgan fingerprint density at radius 1 is 1.10 bits per heavy atom. The van der Waals surface area contributed by atoms with Gasteiger partial charge in [0, 0.05) is 43.6 Å². The van der Waals surface area contributed by atoms with Gasteiger partial charge in [-0.15, -0.1) is 0 Å². The molecule has 3 N–H and O–H groups in total. The van der Waals surface area contributed by atoms with E-state index in [9.17, 15) is 13.2 Å². The Kier molecular flexibility index (Phi) is 7.54. The van der Waals surface area contributed by atoms with Gasteiger partial charge in [0.15, 0.2) is 10.7 Å². The Morgan fingerprint density at radius 3 is 2.50 bits per heavy atom. The van der Waals surface area contributed by atoms with Crippen LogP contribution in [0.2, 0.25) is 0 Å². The summed E-state index contributed by atoms with van der Waals surface area (Å²) in [6, 6.07) is 6.16. The van der Waals surface area contributed by atoms with E-state index >= 15 is 0 Å². The summed E-state index contributed by atoms with van der Waals surface area (Å²) >= 11 is 0. The van der Waals surface area contributed by atoms with Crippen LogP contribution in [0.15, 0.2) is 41.9 Å². The van der Waals surface area contributed by atoms with Crippen LogP contribution in [0, 0.1) is 0 Å². The highest BCUT2D eigenvalue weighted by Gasteiger charge is 2.32. The van der Waals surface area contributed by atoms with Crippen molar-refractivity contribution < 1.29 is 13.2 Å². The summed E-state index contributed by atoms with van der Waals surface area (Å²) in [6.07, 6.45) is 8.80. The first-order chi connectivity index (χ1) is 20.3. The van der Waals surface area contributed by atoms with Crippen LogP contribution >= 0.6 is 0 Å². The van der Waals surface area contributed by atoms with Crippen molar-refractivity contribution in [3.8, 4) is 11.4 Å². The van der Waals surface area contributed by atoms with Crippen molar-refractivity contribution >= 4 is 27.6 Å². The summed E-state index contributed by atoms with van der Waals surface area (Å²) in [5, 5.41) is 11.3. The number of amides is 1. The van der Waals surface area contributed by atoms with Crippen molar-refractivity contribution in [2.75, 3.05) is 23.7 Å². The van der Waals surface area contributed by atoms with Crippen molar-refractivity contribution in [2.24, 2.45) is 7.05 Å². The fourth-order valence-electron chi connectivity index (χ4n) is 5.93. The molecular formula is C29H35N9O3S. The molecule has 4 aromatic rings. The van der Waals surface area contributed by atoms with Gasteiger partial charge in [-0.05, 0) is 55.2 Å². The molecule has 13 heteroatoms. The monoisotopic (exact) mass is 589 g/mol. The lowest BCUT2D eigenvalue weighted by molar-refractivity contribution is 0.102. The summed E-state index contributed by atoms with van der Waals surface area (Å²) in [4.78, 5) is 29.5. The first-order valence-electron chi connectivity index (χ1n) is 14.4. The molecule has 0 radical (unpaired) electrons. The lowest BCUT2D eigenvalue weighted by Gasteiger charge is -2.31. The van der Waals surface area contributed by atoms with Crippen LogP contribution in [0.4, 0.5) is 11.6 Å². The maximum Gasteiger partial charge on any atom is 0.276 e. The lowest BCUT2D eigenvalue weighted by atomic mass is 9.93. The Hall–Kier alpha value is -4.10. The molecule has 0 bridgehead atoms. The van der Waals surface area contributed by atoms with Gasteiger partial charge in [-0.2, -0.15) is 9.40 Å². The molecule has 1 amide bonds. The normalized spacial score (nSPS) is 15.7. The molecule has 1 saturated heterocycles. The first kappa shape index (κ1) is 28.0. The number of imidazole rings is 1. The molecule has 220 valence electrons. The Balaban J connectivity index is 1.20. The number of fused-ring (bicyclic) bond motifs is 3. The van der Waals surface area contributed by atoms with Gasteiger partial charge in [0.05, 0.1) is 23.9 Å². The molecule has 1 aliphatic heterocycles. The zero-order valence-corrected chi connectivity index (χ0v) is 24.8. The molecule has 1 aliphatic carbocycles. The molecule has 42 heavy (non-hydrogen) atoms. The van der Waals surface area contributed by atoms with Crippen LogP contribution in [-0.2, 0) is 42.8 Å². The maximum atomic E-state index is 13.6. The van der Waals surface area contributed by atoms with Crippen LogP contribution in [0.5, 0.6) is 0 Å². The van der Waals surface area contributed by atoms with E-state index < -0.39 is 10.0 Å². The molecule has 4 heterocycles. The number of aryl methyl sites for hydroxylation is 4. The number of sulfonamides is 1. The van der Waals surface area contributed by atoms with E-state index in [-0.39, 0.29) is 17.0 Å². The third kappa shape index (κ3) is 5.07. The van der Waals surface area contributed by atoms with Crippen molar-refractivity contribution in [3.05, 3.63) is 64.9 Å². The molecule has 0 unspecified atom stereocenters. The quantitative estimate of drug-likeness (QED) is 0.283. The number of H-pyrrole nitrogens is 1. The standard InChI is InChI=1S/C29H35N9O3S/c1-4-18-7-6-8-19(5-2)24(18)34-28(39)26-22-10-9-20-15-31-29(35-25(20)27(22)37(3)36-26)33-21-11-13-38(14-12-21)42(40,41)23-16-30-17-32-23/h6-8,15-17,21H,4-5,9-14H2,1-3H3,(H,30,32)(H,34,39)(H,31,33,35). The highest BCUT2D eigenvalue weighted by atomic mass is 32.2. The summed E-state index contributed by atoms with van der Waals surface area (Å²) in [6.45, 7) is 4.94. The highest BCUT2D eigenvalue weighted by molar-refractivity contribution is 7.89. The number of nitrogens with zero attached hydrogens (tertiary/aromatic N) is 6. The van der Waals surface area contributed by atoms with Crippen molar-refractivity contribution in [1.82, 2.24) is 34.0 Å². The molecule has 0 spiro atoms. The Bertz CT molecular complexity index is 1700. The molecule has 0 saturated carbocycles. The minimum absolute atomic E-state index is 0.0265. The number of hydrogen-bond donors (Lipinski definition) is 3. The second kappa shape index (κ2) is 11.3. The van der Waals surface area contributed by atoms with Crippen molar-refractivity contribution in [2.45, 2.75) is 63.4 Å². The third-order valence-corrected chi connectivity index (χ3v) is 10.0. The van der Waals surface area contributed by atoms with Gasteiger partial charge >= 0.3 is 0 Å². The van der Waals surface area contributed by atoms with Crippen LogP contribution in [0.25, 0.3) is 11.4 Å². The van der Waals surface area contributed by atoms with E-state index in [4.69, 9.17) is 4.98 Å². The number of piperidine rings is 1. The van der Waals surface area contributed by atoms with Gasteiger partial charge in [-0.3, -0.25) is 9.48 Å². The van der Waals surface area contributed by atoms with E-state index in [1.54, 1.807) is 4.68 Å². The molecule has 6 rings (SSSR count). The zero-order valence-electron chi connectivity index (χ0n) is 24.0. The fourth-order valence-corrected chi connectivity index (χ4v) is 7.29. The minimum atomic E-state index is -3.58. The topological polar surface area (TPSA) is 151 Å². The number of carbonyl (C=O) groups excluding carboxylic acids is 1. The molecule has 1 fully saturated rings. The van der Waals surface area contributed by atoms with E-state index in [0.717, 1.165) is 52.2 Å². The number of hydrogen-bond acceptors (Lipinski definition) is 8. The number of anilines is 2. The van der Waals surface area contributed by atoms with E-state index in [1.165, 1.54) is 16.8 Å². The lowest BCUT2D eigenvalue weighted by Crippen LogP contribution is -2.42. The number of benzene rings is 1. The van der Waals surface area contributed by atoms with Gasteiger partial charge in [0.25, 0.3) is 15.9 Å². The molecule has 1 aromatic carbocycles. The predicted octanol–water partition coefficient (Wildman–Crippen LogP) is 3.34. The Labute approximate surface area is 245 Å². The second-order valence-electron chi connectivity index (χ2n) is 10.7. The van der Waals surface area contributed by atoms with E-state index in [2.05, 4.69) is 44.5 Å². The SMILES string of the molecule is CCc1cccc(CC)c1NC(=O)c1nn(C)c2c1CCc1cnc(NC3CCN(S(=O)(=O)c4cnc[nH]4)CC3)nc1-2. The molecule has 12 nitrogen and oxygen atoms in total. The van der Waals surface area contributed by atoms with Gasteiger partial charge in [-0.25, -0.2) is 23.4 Å².